The Balaban J connectivity index is 0.000000157. The highest BCUT2D eigenvalue weighted by atomic mass is 79.9. The molecule has 45 nitrogen and oxygen atoms in total. The SMILES string of the molecule is CCNc1nc(Nc2cc(C(C)(C)n3nccn3)nn2C(C)C)ncc1C(C)(F)F.CCNc1nc(Nc2cc(C(C)(C)n3nccn3)nn2CC)ncc1C(F)(F)F.[2H]C([2H])([2H])C([2H])([2H])n1nc(C(C)(C)n2nccn2)cc1Nc1ncc(C(F)(F)F)c(NCC)n1.[2H]C([2H])([2H])n1nc(C(C)(C)n2nccn2)cc1Nc1ncc(Br)c(NC2CC2)n1.[2H]C([2H])([2H])n1nc(C(C)(C)n2nccn2)cc1Nc1ncc(Br)c(OC2CC2)n1. The Hall–Kier alpha value is -14.5. The Morgan fingerprint density at radius 1 is 0.400 bits per heavy atom. The van der Waals surface area contributed by atoms with Gasteiger partial charge in [0.15, 0.2) is 0 Å². The van der Waals surface area contributed by atoms with E-state index in [0.29, 0.717) is 81.4 Å². The predicted molar refractivity (Wildman–Crippen MR) is 511 cm³/mol. The minimum atomic E-state index is -4.70. The number of hydrogen-bond donors (Lipinski definition) is 9. The van der Waals surface area contributed by atoms with Gasteiger partial charge in [-0.2, -0.15) is 152 Å². The zero-order valence-corrected chi connectivity index (χ0v) is 81.9. The van der Waals surface area contributed by atoms with Gasteiger partial charge in [0.25, 0.3) is 5.92 Å². The summed E-state index contributed by atoms with van der Waals surface area (Å²) >= 11 is 6.80. The first-order chi connectivity index (χ1) is 70.6. The van der Waals surface area contributed by atoms with Gasteiger partial charge < -0.3 is 52.6 Å². The molecule has 2 aliphatic carbocycles. The van der Waals surface area contributed by atoms with E-state index in [1.54, 1.807) is 122 Å². The molecule has 2 fully saturated rings. The quantitative estimate of drug-likeness (QED) is 0.0169. The molecular weight excluding hydrogens is 1970 g/mol. The van der Waals surface area contributed by atoms with Crippen LogP contribution in [0.4, 0.5) is 117 Å². The van der Waals surface area contributed by atoms with Gasteiger partial charge in [-0.3, -0.25) is 9.36 Å². The highest BCUT2D eigenvalue weighted by Crippen LogP contribution is 2.41. The van der Waals surface area contributed by atoms with Crippen LogP contribution in [0.15, 0.2) is 132 Å². The van der Waals surface area contributed by atoms with Crippen LogP contribution in [0.3, 0.4) is 0 Å². The number of aromatic nitrogens is 35. The van der Waals surface area contributed by atoms with Crippen LogP contribution in [0.1, 0.15) is 217 Å². The summed E-state index contributed by atoms with van der Waals surface area (Å²) in [5.41, 5.74) is -3.48. The second-order valence-electron chi connectivity index (χ2n) is 34.1. The van der Waals surface area contributed by atoms with Gasteiger partial charge in [0.05, 0.1) is 114 Å². The Morgan fingerprint density at radius 2 is 0.721 bits per heavy atom. The molecule has 746 valence electrons. The molecule has 0 unspecified atom stereocenters. The summed E-state index contributed by atoms with van der Waals surface area (Å²) in [6.45, 7) is 20.6. The van der Waals surface area contributed by atoms with Crippen LogP contribution in [0.2, 0.25) is 0 Å². The summed E-state index contributed by atoms with van der Waals surface area (Å²) in [6.07, 6.45) is 16.2. The maximum Gasteiger partial charge on any atom is 0.421 e. The first-order valence-corrected chi connectivity index (χ1v) is 45.2. The second kappa shape index (κ2) is 42.5. The Morgan fingerprint density at radius 3 is 1.08 bits per heavy atom. The Bertz CT molecular complexity index is 6890. The molecule has 9 N–H and O–H groups in total. The molecule has 17 rings (SSSR count). The lowest BCUT2D eigenvalue weighted by Crippen LogP contribution is -2.30. The van der Waals surface area contributed by atoms with Crippen LogP contribution in [-0.2, 0) is 73.0 Å². The van der Waals surface area contributed by atoms with Crippen molar-refractivity contribution in [3.05, 3.63) is 177 Å². The molecule has 15 aromatic rings. The second-order valence-corrected chi connectivity index (χ2v) is 35.8. The maximum absolute atomic E-state index is 13.9. The molecule has 55 heteroatoms. The van der Waals surface area contributed by atoms with Crippen LogP contribution in [0.5, 0.6) is 5.88 Å². The van der Waals surface area contributed by atoms with Gasteiger partial charge in [-0.05, 0) is 175 Å². The molecule has 0 aromatic carbocycles. The van der Waals surface area contributed by atoms with E-state index in [4.69, 9.17) is 24.9 Å². The lowest BCUT2D eigenvalue weighted by Gasteiger charge is -2.21. The third kappa shape index (κ3) is 24.6. The molecule has 15 heterocycles. The Labute approximate surface area is 831 Å². The number of nitrogens with one attached hydrogen (secondary N) is 9. The number of aryl methyl sites for hydroxylation is 4. The first kappa shape index (κ1) is 88.3. The zero-order valence-electron chi connectivity index (χ0n) is 89.8. The molecule has 0 saturated heterocycles. The van der Waals surface area contributed by atoms with E-state index in [1.165, 1.54) is 37.6 Å². The van der Waals surface area contributed by atoms with E-state index >= 15 is 0 Å². The minimum Gasteiger partial charge on any atom is -0.473 e. The number of halogens is 10. The third-order valence-corrected chi connectivity index (χ3v) is 22.2. The molecule has 140 heavy (non-hydrogen) atoms. The van der Waals surface area contributed by atoms with E-state index in [1.807, 2.05) is 89.2 Å². The molecule has 2 saturated carbocycles. The van der Waals surface area contributed by atoms with Crippen LogP contribution in [0.25, 0.3) is 0 Å². The molecule has 0 bridgehead atoms. The molecule has 0 atom stereocenters. The van der Waals surface area contributed by atoms with Gasteiger partial charge >= 0.3 is 12.4 Å². The van der Waals surface area contributed by atoms with Crippen molar-refractivity contribution in [2.24, 2.45) is 14.0 Å². The van der Waals surface area contributed by atoms with Gasteiger partial charge in [0, 0.05) is 133 Å². The zero-order chi connectivity index (χ0) is 110. The van der Waals surface area contributed by atoms with E-state index in [-0.39, 0.29) is 88.8 Å². The number of ether oxygens (including phenoxy) is 1. The molecule has 0 amide bonds. The fraction of sp³-hybridized carbons (Fsp3) is 0.471. The molecule has 0 radical (unpaired) electrons. The van der Waals surface area contributed by atoms with Crippen LogP contribution in [-0.4, -0.2) is 205 Å². The maximum atomic E-state index is 13.9. The van der Waals surface area contributed by atoms with E-state index in [9.17, 15) is 35.1 Å². The number of nitrogens with zero attached hydrogens (tertiary/aromatic N) is 35. The predicted octanol–water partition coefficient (Wildman–Crippen LogP) is 15.7. The first-order valence-electron chi connectivity index (χ1n) is 49.1. The average molecular weight is 2090 g/mol. The summed E-state index contributed by atoms with van der Waals surface area (Å²) < 4.78 is 206. The van der Waals surface area contributed by atoms with Crippen molar-refractivity contribution in [1.29, 1.82) is 0 Å². The van der Waals surface area contributed by atoms with E-state index in [2.05, 4.69) is 201 Å². The fourth-order valence-corrected chi connectivity index (χ4v) is 13.6. The van der Waals surface area contributed by atoms with Crippen LogP contribution >= 0.6 is 31.9 Å². The van der Waals surface area contributed by atoms with Crippen molar-refractivity contribution in [2.45, 2.75) is 227 Å². The minimum absolute atomic E-state index is 0.0325. The monoisotopic (exact) mass is 2080 g/mol. The summed E-state index contributed by atoms with van der Waals surface area (Å²) in [5, 5.41) is 89.5. The third-order valence-electron chi connectivity index (χ3n) is 21.1. The lowest BCUT2D eigenvalue weighted by molar-refractivity contribution is -0.138. The van der Waals surface area contributed by atoms with Gasteiger partial charge in [-0.25, -0.2) is 47.7 Å². The van der Waals surface area contributed by atoms with Crippen molar-refractivity contribution in [1.82, 2.24) is 174 Å². The van der Waals surface area contributed by atoms with Gasteiger partial charge in [-0.1, -0.05) is 0 Å². The van der Waals surface area contributed by atoms with Crippen molar-refractivity contribution >= 4 is 114 Å². The fourth-order valence-electron chi connectivity index (χ4n) is 13.0. The smallest absolute Gasteiger partial charge is 0.421 e. The summed E-state index contributed by atoms with van der Waals surface area (Å²) in [7, 11) is 0. The topological polar surface area (TPSA) is 489 Å². The molecule has 0 aliphatic heterocycles. The van der Waals surface area contributed by atoms with E-state index in [0.717, 1.165) is 64.5 Å². The van der Waals surface area contributed by atoms with Crippen molar-refractivity contribution in [2.75, 3.05) is 67.5 Å². The molecule has 15 aromatic heterocycles. The summed E-state index contributed by atoms with van der Waals surface area (Å²) in [4.78, 5) is 48.3. The number of anilines is 14. The molecule has 0 spiro atoms. The van der Waals surface area contributed by atoms with Crippen LogP contribution in [0, 0.1) is 0 Å². The van der Waals surface area contributed by atoms with Gasteiger partial charge in [-0.15, -0.1) is 0 Å². The number of rotatable bonds is 34. The van der Waals surface area contributed by atoms with Gasteiger partial charge in [0.1, 0.15) is 97.3 Å². The highest BCUT2D eigenvalue weighted by molar-refractivity contribution is 9.11. The lowest BCUT2D eigenvalue weighted by atomic mass is 10.0. The van der Waals surface area contributed by atoms with Crippen molar-refractivity contribution < 1.29 is 54.9 Å². The Kier molecular flexibility index (Phi) is 26.8. The molecular formula is C85H110Br2F8N44O. The van der Waals surface area contributed by atoms with Crippen molar-refractivity contribution in [3.63, 3.8) is 0 Å². The van der Waals surface area contributed by atoms with Gasteiger partial charge in [0.2, 0.25) is 35.6 Å². The van der Waals surface area contributed by atoms with Crippen LogP contribution < -0.4 is 52.6 Å². The normalized spacial score (nSPS) is 14.6. The standard InChI is InChI=1S/C19H27F2N9.2C17H22F3N9.C16H20BrN9.C16H19BrN8O/c1-7-22-16-13(19(6,20)21)11-23-17(27-16)26-15-10-14(28-29(15)12(2)3)18(4,5)30-24-8-9-25-30;2*1-5-21-14-11(17(18,19)20)10-22-15(26-14)25-13-9-12(27-28(13)6-2)16(3,4)29-23-7-8-24-29;1-16(2,26-19-6-7-20-26)12-8-13(25(3)24-12)22-15-18-9-11(17)14(23-15)21-10-4-5-10;1-16(2,25-19-6-7-20-25)12-8-13(24(3)23-12)21-15-18-9-11(17)14(22-15)26-10-4-5-10/h8-12H,7H2,1-6H3,(H2,22,23,26,27);2*7-10H,5-6H2,1-4H3,(H2,21,22,25,26);6-10H,4-5H2,1-3H3,(H2,18,21,22,23);6-10H,4-5H2,1-3H3,(H,18,21,22)/i;2D3,6D2;;2*3D3. The number of alkyl halides is 8. The highest BCUT2D eigenvalue weighted by Gasteiger charge is 2.40. The molecule has 2 aliphatic rings. The largest absolute Gasteiger partial charge is 0.473 e. The van der Waals surface area contributed by atoms with Crippen molar-refractivity contribution in [3.8, 4) is 5.88 Å². The number of hydrogen-bond acceptors (Lipinski definition) is 35. The summed E-state index contributed by atoms with van der Waals surface area (Å²) in [6, 6.07) is 8.70. The summed E-state index contributed by atoms with van der Waals surface area (Å²) in [5.74, 6) is -0.817. The average Bonchev–Trinajstić information content (AvgIpc) is 1.60. The van der Waals surface area contributed by atoms with E-state index < -0.39 is 90.2 Å².